The van der Waals surface area contributed by atoms with Gasteiger partial charge in [0.05, 0.1) is 0 Å². The molecule has 0 aliphatic carbocycles. The Kier molecular flexibility index (Phi) is 8.42. The van der Waals surface area contributed by atoms with Gasteiger partial charge in [0, 0.05) is 0 Å². The molecule has 0 bridgehead atoms. The number of benzene rings is 5. The van der Waals surface area contributed by atoms with Crippen LogP contribution in [0.25, 0.3) is 33.4 Å². The van der Waals surface area contributed by atoms with Crippen LogP contribution in [0.15, 0.2) is 103 Å². The van der Waals surface area contributed by atoms with Crippen LogP contribution in [-0.4, -0.2) is 5.16 Å². The van der Waals surface area contributed by atoms with E-state index in [2.05, 4.69) is 152 Å². The highest BCUT2D eigenvalue weighted by Crippen LogP contribution is 2.40. The van der Waals surface area contributed by atoms with Crippen molar-refractivity contribution in [1.82, 2.24) is 0 Å². The second kappa shape index (κ2) is 11.8. The van der Waals surface area contributed by atoms with Crippen molar-refractivity contribution in [3.63, 3.8) is 0 Å². The van der Waals surface area contributed by atoms with E-state index >= 15 is 0 Å². The molecule has 0 unspecified atom stereocenters. The first-order valence-electron chi connectivity index (χ1n) is 14.0. The SMILES string of the molecule is Cc1ccc([P]c2cc(-c3ccc(C)cc3)cc(C)c2-c2c(C)cc(-c3ccccc3)cc2[P]C(C)(C)C)cc1. The van der Waals surface area contributed by atoms with Gasteiger partial charge in [-0.15, -0.1) is 0 Å². The molecule has 5 aromatic carbocycles. The molecular formula is C38H38P2. The lowest BCUT2D eigenvalue weighted by atomic mass is 9.91. The van der Waals surface area contributed by atoms with Gasteiger partial charge < -0.3 is 0 Å². The Morgan fingerprint density at radius 2 is 0.950 bits per heavy atom. The molecule has 0 nitrogen and oxygen atoms in total. The van der Waals surface area contributed by atoms with E-state index in [0.717, 1.165) is 0 Å². The van der Waals surface area contributed by atoms with Gasteiger partial charge in [-0.25, -0.2) is 0 Å². The average molecular weight is 557 g/mol. The first-order chi connectivity index (χ1) is 19.1. The highest BCUT2D eigenvalue weighted by Gasteiger charge is 2.22. The van der Waals surface area contributed by atoms with Crippen molar-refractivity contribution in [3.05, 3.63) is 125 Å². The maximum atomic E-state index is 2.43. The number of hydrogen-bond acceptors (Lipinski definition) is 0. The van der Waals surface area contributed by atoms with E-state index in [0.29, 0.717) is 0 Å². The van der Waals surface area contributed by atoms with E-state index in [1.807, 2.05) is 0 Å². The van der Waals surface area contributed by atoms with Gasteiger partial charge in [-0.1, -0.05) is 123 Å². The minimum atomic E-state index is 0.140. The van der Waals surface area contributed by atoms with Crippen molar-refractivity contribution in [2.75, 3.05) is 0 Å². The zero-order valence-corrected chi connectivity index (χ0v) is 26.5. The molecule has 0 heterocycles. The van der Waals surface area contributed by atoms with E-state index in [1.165, 1.54) is 88.7 Å². The fraction of sp³-hybridized carbons (Fsp3) is 0.211. The predicted octanol–water partition coefficient (Wildman–Crippen LogP) is 10.2. The fourth-order valence-corrected chi connectivity index (χ4v) is 7.70. The van der Waals surface area contributed by atoms with Crippen LogP contribution < -0.4 is 15.9 Å². The molecule has 5 aromatic rings. The number of rotatable bonds is 6. The van der Waals surface area contributed by atoms with Gasteiger partial charge in [0.2, 0.25) is 0 Å². The Morgan fingerprint density at radius 3 is 1.50 bits per heavy atom. The molecule has 0 saturated heterocycles. The van der Waals surface area contributed by atoms with Gasteiger partial charge in [-0.3, -0.25) is 0 Å². The Morgan fingerprint density at radius 1 is 0.475 bits per heavy atom. The Hall–Kier alpha value is -3.04. The van der Waals surface area contributed by atoms with E-state index in [-0.39, 0.29) is 5.16 Å². The molecule has 0 aliphatic rings. The lowest BCUT2D eigenvalue weighted by Crippen LogP contribution is -2.18. The van der Waals surface area contributed by atoms with E-state index in [4.69, 9.17) is 0 Å². The van der Waals surface area contributed by atoms with Crippen LogP contribution in [0.2, 0.25) is 0 Å². The van der Waals surface area contributed by atoms with Gasteiger partial charge >= 0.3 is 0 Å². The lowest BCUT2D eigenvalue weighted by molar-refractivity contribution is 0.799. The quantitative estimate of drug-likeness (QED) is 0.183. The standard InChI is InChI=1S/C38H38P2/c1-25-13-17-30(18-14-25)31-21-27(3)36(34(23-31)39-33-19-15-26(2)16-20-33)37-28(4)22-32(29-11-9-8-10-12-29)24-35(37)40-38(5,6)7/h8-24H,1-7H3. The lowest BCUT2D eigenvalue weighted by Gasteiger charge is -2.25. The summed E-state index contributed by atoms with van der Waals surface area (Å²) >= 11 is 0. The molecule has 2 radical (unpaired) electrons. The second-order valence-corrected chi connectivity index (χ2v) is 15.1. The topological polar surface area (TPSA) is 0 Å². The molecule has 200 valence electrons. The summed E-state index contributed by atoms with van der Waals surface area (Å²) in [5.41, 5.74) is 13.1. The van der Waals surface area contributed by atoms with Gasteiger partial charge in [0.15, 0.2) is 0 Å². The van der Waals surface area contributed by atoms with Crippen molar-refractivity contribution in [2.45, 2.75) is 53.6 Å². The van der Waals surface area contributed by atoms with Crippen LogP contribution in [0.3, 0.4) is 0 Å². The summed E-state index contributed by atoms with van der Waals surface area (Å²) in [6.07, 6.45) is 0. The molecule has 0 amide bonds. The van der Waals surface area contributed by atoms with Crippen molar-refractivity contribution in [1.29, 1.82) is 0 Å². The molecule has 2 heteroatoms. The first-order valence-corrected chi connectivity index (χ1v) is 15.8. The number of hydrogen-bond donors (Lipinski definition) is 0. The fourth-order valence-electron chi connectivity index (χ4n) is 5.19. The van der Waals surface area contributed by atoms with Crippen molar-refractivity contribution in [2.24, 2.45) is 0 Å². The largest absolute Gasteiger partial charge is 0.0622 e. The summed E-state index contributed by atoms with van der Waals surface area (Å²) in [4.78, 5) is 0. The molecule has 0 aliphatic heterocycles. The zero-order chi connectivity index (χ0) is 28.4. The monoisotopic (exact) mass is 556 g/mol. The summed E-state index contributed by atoms with van der Waals surface area (Å²) in [6.45, 7) is 15.9. The highest BCUT2D eigenvalue weighted by atomic mass is 31.1. The molecule has 0 saturated carbocycles. The maximum absolute atomic E-state index is 2.43. The molecule has 5 rings (SSSR count). The molecular weight excluding hydrogens is 518 g/mol. The highest BCUT2D eigenvalue weighted by molar-refractivity contribution is 7.56. The summed E-state index contributed by atoms with van der Waals surface area (Å²) in [5, 5.41) is 4.22. The summed E-state index contributed by atoms with van der Waals surface area (Å²) in [6, 6.07) is 38.3. The summed E-state index contributed by atoms with van der Waals surface area (Å²) in [7, 11) is 2.56. The molecule has 0 fully saturated rings. The first kappa shape index (κ1) is 28.5. The normalized spacial score (nSPS) is 12.2. The van der Waals surface area contributed by atoms with Crippen LogP contribution in [0, 0.1) is 27.7 Å². The zero-order valence-electron chi connectivity index (χ0n) is 24.7. The van der Waals surface area contributed by atoms with Crippen molar-refractivity contribution >= 4 is 33.1 Å². The van der Waals surface area contributed by atoms with Gasteiger partial charge in [0.25, 0.3) is 0 Å². The van der Waals surface area contributed by atoms with Crippen molar-refractivity contribution < 1.29 is 0 Å². The van der Waals surface area contributed by atoms with Gasteiger partial charge in [0.1, 0.15) is 0 Å². The number of aryl methyl sites for hydroxylation is 4. The van der Waals surface area contributed by atoms with E-state index in [9.17, 15) is 0 Å². The third-order valence-electron chi connectivity index (χ3n) is 7.11. The van der Waals surface area contributed by atoms with Crippen molar-refractivity contribution in [3.8, 4) is 33.4 Å². The summed E-state index contributed by atoms with van der Waals surface area (Å²) < 4.78 is 0. The molecule has 0 aromatic heterocycles. The predicted molar refractivity (Wildman–Crippen MR) is 181 cm³/mol. The Labute approximate surface area is 244 Å². The van der Waals surface area contributed by atoms with E-state index in [1.54, 1.807) is 0 Å². The minimum Gasteiger partial charge on any atom is -0.0622 e. The second-order valence-electron chi connectivity index (χ2n) is 11.8. The van der Waals surface area contributed by atoms with E-state index < -0.39 is 0 Å². The smallest absolute Gasteiger partial charge is 0.00589 e. The average Bonchev–Trinajstić information content (AvgIpc) is 2.91. The third kappa shape index (κ3) is 6.63. The van der Waals surface area contributed by atoms with Crippen LogP contribution in [0.5, 0.6) is 0 Å². The van der Waals surface area contributed by atoms with Gasteiger partial charge in [-0.2, -0.15) is 0 Å². The molecule has 0 spiro atoms. The third-order valence-corrected chi connectivity index (χ3v) is 9.53. The van der Waals surface area contributed by atoms with Crippen LogP contribution >= 0.6 is 17.2 Å². The van der Waals surface area contributed by atoms with Crippen LogP contribution in [0.1, 0.15) is 43.0 Å². The maximum Gasteiger partial charge on any atom is -0.00589 e. The van der Waals surface area contributed by atoms with Crippen LogP contribution in [0.4, 0.5) is 0 Å². The van der Waals surface area contributed by atoms with Crippen LogP contribution in [-0.2, 0) is 0 Å². The van der Waals surface area contributed by atoms with Gasteiger partial charge in [-0.05, 0) is 123 Å². The molecule has 0 N–H and O–H groups in total. The molecule has 0 atom stereocenters. The Balaban J connectivity index is 1.74. The summed E-state index contributed by atoms with van der Waals surface area (Å²) in [5.74, 6) is 0. The molecule has 40 heavy (non-hydrogen) atoms. The minimum absolute atomic E-state index is 0.140. The Bertz CT molecular complexity index is 1620.